The van der Waals surface area contributed by atoms with Crippen molar-refractivity contribution in [3.63, 3.8) is 0 Å². The van der Waals surface area contributed by atoms with Crippen LogP contribution < -0.4 is 10.5 Å². The third kappa shape index (κ3) is 3.03. The second-order valence-corrected chi connectivity index (χ2v) is 6.33. The number of primary amides is 1. The van der Waals surface area contributed by atoms with Crippen molar-refractivity contribution in [1.82, 2.24) is 4.98 Å². The van der Waals surface area contributed by atoms with Crippen LogP contribution in [-0.4, -0.2) is 16.9 Å². The van der Waals surface area contributed by atoms with Crippen LogP contribution in [0.5, 0.6) is 5.75 Å². The fourth-order valence-corrected chi connectivity index (χ4v) is 3.08. The van der Waals surface area contributed by atoms with Crippen molar-refractivity contribution in [2.45, 2.75) is 45.8 Å². The topological polar surface area (TPSA) is 74.4 Å². The van der Waals surface area contributed by atoms with Crippen molar-refractivity contribution < 1.29 is 14.3 Å². The molecule has 5 heteroatoms. The molecule has 0 saturated heterocycles. The SMILES string of the molecule is CC(C)(C)C1CCCC1(OC(N)=O)Oc1ccncc1. The van der Waals surface area contributed by atoms with Crippen molar-refractivity contribution in [3.8, 4) is 5.75 Å². The highest BCUT2D eigenvalue weighted by Crippen LogP contribution is 2.48. The Kier molecular flexibility index (Phi) is 3.88. The van der Waals surface area contributed by atoms with Gasteiger partial charge in [0.2, 0.25) is 0 Å². The minimum absolute atomic E-state index is 0.0427. The molecule has 110 valence electrons. The van der Waals surface area contributed by atoms with Crippen LogP contribution in [0.4, 0.5) is 4.79 Å². The number of amides is 1. The van der Waals surface area contributed by atoms with Gasteiger partial charge in [0, 0.05) is 24.7 Å². The lowest BCUT2D eigenvalue weighted by molar-refractivity contribution is -0.183. The van der Waals surface area contributed by atoms with Crippen LogP contribution in [0.25, 0.3) is 0 Å². The first-order chi connectivity index (χ1) is 9.33. The van der Waals surface area contributed by atoms with E-state index in [-0.39, 0.29) is 11.3 Å². The molecule has 2 N–H and O–H groups in total. The summed E-state index contributed by atoms with van der Waals surface area (Å²) in [5, 5.41) is 0. The Morgan fingerprint density at radius 2 is 2.05 bits per heavy atom. The number of nitrogens with two attached hydrogens (primary N) is 1. The maximum absolute atomic E-state index is 11.3. The molecule has 1 heterocycles. The Morgan fingerprint density at radius 3 is 2.60 bits per heavy atom. The molecule has 0 aliphatic heterocycles. The van der Waals surface area contributed by atoms with Crippen molar-refractivity contribution in [3.05, 3.63) is 24.5 Å². The predicted molar refractivity (Wildman–Crippen MR) is 75.1 cm³/mol. The van der Waals surface area contributed by atoms with Gasteiger partial charge in [-0.25, -0.2) is 4.79 Å². The summed E-state index contributed by atoms with van der Waals surface area (Å²) < 4.78 is 11.5. The van der Waals surface area contributed by atoms with Gasteiger partial charge >= 0.3 is 6.09 Å². The molecule has 0 aromatic carbocycles. The molecular weight excluding hydrogens is 256 g/mol. The number of nitrogens with zero attached hydrogens (tertiary/aromatic N) is 1. The quantitative estimate of drug-likeness (QED) is 0.862. The predicted octanol–water partition coefficient (Wildman–Crippen LogP) is 3.10. The third-order valence-corrected chi connectivity index (χ3v) is 3.81. The van der Waals surface area contributed by atoms with E-state index in [0.29, 0.717) is 12.2 Å². The van der Waals surface area contributed by atoms with Gasteiger partial charge in [0.1, 0.15) is 5.75 Å². The number of rotatable bonds is 3. The zero-order valence-electron chi connectivity index (χ0n) is 12.3. The summed E-state index contributed by atoms with van der Waals surface area (Å²) >= 11 is 0. The molecule has 1 aromatic rings. The zero-order chi connectivity index (χ0) is 14.8. The molecule has 0 bridgehead atoms. The monoisotopic (exact) mass is 278 g/mol. The van der Waals surface area contributed by atoms with E-state index < -0.39 is 11.9 Å². The first-order valence-electron chi connectivity index (χ1n) is 6.91. The van der Waals surface area contributed by atoms with Crippen LogP contribution in [0.3, 0.4) is 0 Å². The van der Waals surface area contributed by atoms with Crippen molar-refractivity contribution in [1.29, 1.82) is 0 Å². The lowest BCUT2D eigenvalue weighted by Crippen LogP contribution is -2.50. The van der Waals surface area contributed by atoms with Crippen LogP contribution in [0.2, 0.25) is 0 Å². The highest BCUT2D eigenvalue weighted by Gasteiger charge is 2.53. The normalized spacial score (nSPS) is 26.2. The lowest BCUT2D eigenvalue weighted by Gasteiger charge is -2.41. The highest BCUT2D eigenvalue weighted by atomic mass is 16.7. The molecule has 1 amide bonds. The van der Waals surface area contributed by atoms with E-state index in [1.165, 1.54) is 0 Å². The molecule has 1 aromatic heterocycles. The largest absolute Gasteiger partial charge is 0.452 e. The zero-order valence-corrected chi connectivity index (χ0v) is 12.3. The molecule has 1 aliphatic carbocycles. The summed E-state index contributed by atoms with van der Waals surface area (Å²) in [6, 6.07) is 3.51. The smallest absolute Gasteiger partial charge is 0.407 e. The fraction of sp³-hybridized carbons (Fsp3) is 0.600. The van der Waals surface area contributed by atoms with Gasteiger partial charge in [-0.3, -0.25) is 4.98 Å². The van der Waals surface area contributed by atoms with Gasteiger partial charge < -0.3 is 15.2 Å². The number of carbonyl (C=O) groups is 1. The average molecular weight is 278 g/mol. The highest BCUT2D eigenvalue weighted by molar-refractivity contribution is 5.65. The fourth-order valence-electron chi connectivity index (χ4n) is 3.08. The second-order valence-electron chi connectivity index (χ2n) is 6.33. The molecule has 1 fully saturated rings. The maximum atomic E-state index is 11.3. The summed E-state index contributed by atoms with van der Waals surface area (Å²) in [7, 11) is 0. The Morgan fingerprint density at radius 1 is 1.40 bits per heavy atom. The minimum atomic E-state index is -0.981. The third-order valence-electron chi connectivity index (χ3n) is 3.81. The van der Waals surface area contributed by atoms with Crippen LogP contribution in [0.15, 0.2) is 24.5 Å². The molecule has 2 rings (SSSR count). The molecule has 1 saturated carbocycles. The van der Waals surface area contributed by atoms with Crippen molar-refractivity contribution >= 4 is 6.09 Å². The first-order valence-corrected chi connectivity index (χ1v) is 6.91. The molecule has 2 unspecified atom stereocenters. The first kappa shape index (κ1) is 14.6. The molecule has 0 spiro atoms. The second kappa shape index (κ2) is 5.31. The number of ether oxygens (including phenoxy) is 2. The Labute approximate surface area is 119 Å². The molecule has 20 heavy (non-hydrogen) atoms. The van der Waals surface area contributed by atoms with Crippen LogP contribution in [0, 0.1) is 11.3 Å². The Balaban J connectivity index is 2.32. The number of aromatic nitrogens is 1. The minimum Gasteiger partial charge on any atom is -0.452 e. The van der Waals surface area contributed by atoms with Gasteiger partial charge in [-0.15, -0.1) is 0 Å². The van der Waals surface area contributed by atoms with Gasteiger partial charge in [-0.2, -0.15) is 0 Å². The van der Waals surface area contributed by atoms with E-state index in [1.54, 1.807) is 24.5 Å². The summed E-state index contributed by atoms with van der Waals surface area (Å²) in [6.45, 7) is 6.37. The maximum Gasteiger partial charge on any atom is 0.407 e. The van der Waals surface area contributed by atoms with E-state index in [4.69, 9.17) is 15.2 Å². The van der Waals surface area contributed by atoms with Gasteiger partial charge in [0.05, 0.1) is 0 Å². The van der Waals surface area contributed by atoms with E-state index >= 15 is 0 Å². The van der Waals surface area contributed by atoms with E-state index in [0.717, 1.165) is 12.8 Å². The summed E-state index contributed by atoms with van der Waals surface area (Å²) in [6.07, 6.45) is 5.04. The van der Waals surface area contributed by atoms with Crippen LogP contribution in [0.1, 0.15) is 40.0 Å². The van der Waals surface area contributed by atoms with Gasteiger partial charge in [-0.05, 0) is 30.4 Å². The standard InChI is InChI=1S/C15H22N2O3/c1-14(2,3)12-5-4-8-15(12,20-13(16)18)19-11-6-9-17-10-7-11/h6-7,9-10,12H,4-5,8H2,1-3H3,(H2,16,18). The lowest BCUT2D eigenvalue weighted by atomic mass is 9.77. The number of hydrogen-bond donors (Lipinski definition) is 1. The molecule has 1 aliphatic rings. The number of pyridine rings is 1. The summed E-state index contributed by atoms with van der Waals surface area (Å²) in [5.74, 6) is -0.251. The van der Waals surface area contributed by atoms with Crippen molar-refractivity contribution in [2.75, 3.05) is 0 Å². The summed E-state index contributed by atoms with van der Waals surface area (Å²) in [4.78, 5) is 15.3. The molecule has 5 nitrogen and oxygen atoms in total. The van der Waals surface area contributed by atoms with Gasteiger partial charge in [0.15, 0.2) is 0 Å². The van der Waals surface area contributed by atoms with Crippen LogP contribution in [-0.2, 0) is 4.74 Å². The molecule has 2 atom stereocenters. The van der Waals surface area contributed by atoms with Gasteiger partial charge in [-0.1, -0.05) is 20.8 Å². The van der Waals surface area contributed by atoms with Gasteiger partial charge in [0.25, 0.3) is 5.79 Å². The van der Waals surface area contributed by atoms with Crippen molar-refractivity contribution in [2.24, 2.45) is 17.1 Å². The Bertz CT molecular complexity index is 470. The number of carbonyl (C=O) groups excluding carboxylic acids is 1. The van der Waals surface area contributed by atoms with Crippen LogP contribution >= 0.6 is 0 Å². The Hall–Kier alpha value is -1.78. The van der Waals surface area contributed by atoms with E-state index in [9.17, 15) is 4.79 Å². The van der Waals surface area contributed by atoms with E-state index in [2.05, 4.69) is 25.8 Å². The number of hydrogen-bond acceptors (Lipinski definition) is 4. The molecular formula is C15H22N2O3. The summed E-state index contributed by atoms with van der Waals surface area (Å²) in [5.41, 5.74) is 5.22. The molecule has 0 radical (unpaired) electrons. The average Bonchev–Trinajstić information content (AvgIpc) is 2.72. The van der Waals surface area contributed by atoms with E-state index in [1.807, 2.05) is 0 Å².